The number of anilines is 1. The molecule has 1 saturated carbocycles. The van der Waals surface area contributed by atoms with Crippen LogP contribution in [0.3, 0.4) is 0 Å². The van der Waals surface area contributed by atoms with E-state index < -0.39 is 0 Å². The number of nitrogens with one attached hydrogen (secondary N) is 2. The SMILES string of the molecule is CCNc1ccc(C(=O)NCC2CC2)nn1. The first-order chi connectivity index (χ1) is 7.79. The van der Waals surface area contributed by atoms with E-state index in [1.807, 2.05) is 6.92 Å². The van der Waals surface area contributed by atoms with Crippen molar-refractivity contribution in [1.82, 2.24) is 15.5 Å². The fourth-order valence-corrected chi connectivity index (χ4v) is 1.38. The Kier molecular flexibility index (Phi) is 3.34. The van der Waals surface area contributed by atoms with Gasteiger partial charge in [0.2, 0.25) is 0 Å². The molecule has 0 saturated heterocycles. The number of hydrogen-bond donors (Lipinski definition) is 2. The molecule has 1 aromatic rings. The molecule has 86 valence electrons. The highest BCUT2D eigenvalue weighted by Gasteiger charge is 2.22. The second kappa shape index (κ2) is 4.92. The minimum atomic E-state index is -0.137. The molecule has 0 spiro atoms. The smallest absolute Gasteiger partial charge is 0.271 e. The fraction of sp³-hybridized carbons (Fsp3) is 0.545. The van der Waals surface area contributed by atoms with E-state index in [0.29, 0.717) is 17.4 Å². The molecule has 2 rings (SSSR count). The van der Waals surface area contributed by atoms with Gasteiger partial charge in [-0.2, -0.15) is 0 Å². The van der Waals surface area contributed by atoms with E-state index >= 15 is 0 Å². The summed E-state index contributed by atoms with van der Waals surface area (Å²) in [5.74, 6) is 1.24. The summed E-state index contributed by atoms with van der Waals surface area (Å²) in [5.41, 5.74) is 0.377. The van der Waals surface area contributed by atoms with Crippen molar-refractivity contribution in [1.29, 1.82) is 0 Å². The lowest BCUT2D eigenvalue weighted by Gasteiger charge is -2.04. The molecule has 2 N–H and O–H groups in total. The van der Waals surface area contributed by atoms with E-state index in [1.54, 1.807) is 12.1 Å². The second-order valence-corrected chi connectivity index (χ2v) is 3.99. The lowest BCUT2D eigenvalue weighted by atomic mass is 10.3. The Bertz CT molecular complexity index is 359. The Morgan fingerprint density at radius 1 is 1.44 bits per heavy atom. The molecule has 1 aliphatic carbocycles. The van der Waals surface area contributed by atoms with Crippen molar-refractivity contribution in [2.75, 3.05) is 18.4 Å². The summed E-state index contributed by atoms with van der Waals surface area (Å²) in [6.07, 6.45) is 2.45. The van der Waals surface area contributed by atoms with Gasteiger partial charge in [0.15, 0.2) is 5.69 Å². The second-order valence-electron chi connectivity index (χ2n) is 3.99. The van der Waals surface area contributed by atoms with Gasteiger partial charge >= 0.3 is 0 Å². The number of amides is 1. The van der Waals surface area contributed by atoms with Gasteiger partial charge in [0, 0.05) is 13.1 Å². The molecule has 0 atom stereocenters. The summed E-state index contributed by atoms with van der Waals surface area (Å²) in [6, 6.07) is 3.45. The predicted octanol–water partition coefficient (Wildman–Crippen LogP) is 1.05. The molecule has 5 heteroatoms. The Morgan fingerprint density at radius 3 is 2.81 bits per heavy atom. The van der Waals surface area contributed by atoms with Gasteiger partial charge in [-0.25, -0.2) is 0 Å². The zero-order valence-corrected chi connectivity index (χ0v) is 9.36. The maximum Gasteiger partial charge on any atom is 0.271 e. The summed E-state index contributed by atoms with van der Waals surface area (Å²) in [7, 11) is 0. The minimum Gasteiger partial charge on any atom is -0.369 e. The van der Waals surface area contributed by atoms with Gasteiger partial charge in [0.25, 0.3) is 5.91 Å². The number of hydrogen-bond acceptors (Lipinski definition) is 4. The van der Waals surface area contributed by atoms with Crippen LogP contribution >= 0.6 is 0 Å². The van der Waals surface area contributed by atoms with Crippen LogP contribution in [-0.2, 0) is 0 Å². The third kappa shape index (κ3) is 2.92. The van der Waals surface area contributed by atoms with Crippen molar-refractivity contribution < 1.29 is 4.79 Å². The van der Waals surface area contributed by atoms with E-state index in [4.69, 9.17) is 0 Å². The number of carbonyl (C=O) groups excluding carboxylic acids is 1. The summed E-state index contributed by atoms with van der Waals surface area (Å²) in [4.78, 5) is 11.6. The first kappa shape index (κ1) is 10.9. The first-order valence-electron chi connectivity index (χ1n) is 5.65. The Morgan fingerprint density at radius 2 is 2.25 bits per heavy atom. The van der Waals surface area contributed by atoms with Crippen LogP contribution in [0, 0.1) is 5.92 Å². The van der Waals surface area contributed by atoms with E-state index in [9.17, 15) is 4.79 Å². The van der Waals surface area contributed by atoms with Gasteiger partial charge < -0.3 is 10.6 Å². The van der Waals surface area contributed by atoms with Crippen LogP contribution < -0.4 is 10.6 Å². The molecule has 0 aromatic carbocycles. The Labute approximate surface area is 94.6 Å². The van der Waals surface area contributed by atoms with Gasteiger partial charge in [0.05, 0.1) is 0 Å². The van der Waals surface area contributed by atoms with Gasteiger partial charge in [0.1, 0.15) is 5.82 Å². The molecule has 5 nitrogen and oxygen atoms in total. The van der Waals surface area contributed by atoms with Crippen LogP contribution in [0.5, 0.6) is 0 Å². The van der Waals surface area contributed by atoms with Gasteiger partial charge in [-0.05, 0) is 37.8 Å². The monoisotopic (exact) mass is 220 g/mol. The van der Waals surface area contributed by atoms with Crippen LogP contribution in [0.25, 0.3) is 0 Å². The largest absolute Gasteiger partial charge is 0.369 e. The van der Waals surface area contributed by atoms with Crippen LogP contribution in [0.4, 0.5) is 5.82 Å². The average molecular weight is 220 g/mol. The van der Waals surface area contributed by atoms with Gasteiger partial charge in [-0.3, -0.25) is 4.79 Å². The van der Waals surface area contributed by atoms with Crippen LogP contribution in [0.2, 0.25) is 0 Å². The molecule has 1 amide bonds. The maximum atomic E-state index is 11.6. The van der Waals surface area contributed by atoms with E-state index in [1.165, 1.54) is 12.8 Å². The summed E-state index contributed by atoms with van der Waals surface area (Å²) in [5, 5.41) is 13.7. The van der Waals surface area contributed by atoms with Crippen molar-refractivity contribution in [3.05, 3.63) is 17.8 Å². The number of aromatic nitrogens is 2. The standard InChI is InChI=1S/C11H16N4O/c1-2-12-10-6-5-9(14-15-10)11(16)13-7-8-3-4-8/h5-6,8H,2-4,7H2,1H3,(H,12,15)(H,13,16). The van der Waals surface area contributed by atoms with Gasteiger partial charge in [-0.1, -0.05) is 0 Å². The first-order valence-corrected chi connectivity index (χ1v) is 5.65. The van der Waals surface area contributed by atoms with Crippen molar-refractivity contribution in [2.45, 2.75) is 19.8 Å². The summed E-state index contributed by atoms with van der Waals surface area (Å²) in [6.45, 7) is 3.54. The molecule has 1 fully saturated rings. The highest BCUT2D eigenvalue weighted by atomic mass is 16.1. The molecular formula is C11H16N4O. The third-order valence-corrected chi connectivity index (χ3v) is 2.50. The van der Waals surface area contributed by atoms with Gasteiger partial charge in [-0.15, -0.1) is 10.2 Å². The van der Waals surface area contributed by atoms with Crippen LogP contribution in [-0.4, -0.2) is 29.2 Å². The highest BCUT2D eigenvalue weighted by molar-refractivity contribution is 5.92. The molecule has 0 unspecified atom stereocenters. The zero-order valence-electron chi connectivity index (χ0n) is 9.36. The normalized spacial score (nSPS) is 14.6. The Balaban J connectivity index is 1.88. The molecule has 16 heavy (non-hydrogen) atoms. The van der Waals surface area contributed by atoms with Crippen LogP contribution in [0.1, 0.15) is 30.3 Å². The molecule has 0 bridgehead atoms. The molecule has 1 heterocycles. The summed E-state index contributed by atoms with van der Waals surface area (Å²) >= 11 is 0. The molecule has 1 aliphatic rings. The van der Waals surface area contributed by atoms with Crippen LogP contribution in [0.15, 0.2) is 12.1 Å². The fourth-order valence-electron chi connectivity index (χ4n) is 1.38. The topological polar surface area (TPSA) is 66.9 Å². The number of carbonyl (C=O) groups is 1. The lowest BCUT2D eigenvalue weighted by Crippen LogP contribution is -2.26. The minimum absolute atomic E-state index is 0.137. The zero-order chi connectivity index (χ0) is 11.4. The molecule has 0 aliphatic heterocycles. The number of rotatable bonds is 5. The maximum absolute atomic E-state index is 11.6. The summed E-state index contributed by atoms with van der Waals surface area (Å²) < 4.78 is 0. The number of nitrogens with zero attached hydrogens (tertiary/aromatic N) is 2. The van der Waals surface area contributed by atoms with Crippen molar-refractivity contribution >= 4 is 11.7 Å². The van der Waals surface area contributed by atoms with E-state index in [-0.39, 0.29) is 5.91 Å². The molecular weight excluding hydrogens is 204 g/mol. The molecule has 1 aromatic heterocycles. The van der Waals surface area contributed by atoms with Crippen molar-refractivity contribution in [2.24, 2.45) is 5.92 Å². The Hall–Kier alpha value is -1.65. The average Bonchev–Trinajstić information content (AvgIpc) is 3.11. The van der Waals surface area contributed by atoms with E-state index in [0.717, 1.165) is 13.1 Å². The predicted molar refractivity (Wildman–Crippen MR) is 61.3 cm³/mol. The van der Waals surface area contributed by atoms with Crippen molar-refractivity contribution in [3.8, 4) is 0 Å². The molecule has 0 radical (unpaired) electrons. The highest BCUT2D eigenvalue weighted by Crippen LogP contribution is 2.27. The van der Waals surface area contributed by atoms with Crippen molar-refractivity contribution in [3.63, 3.8) is 0 Å². The van der Waals surface area contributed by atoms with E-state index in [2.05, 4.69) is 20.8 Å². The quantitative estimate of drug-likeness (QED) is 0.778. The lowest BCUT2D eigenvalue weighted by molar-refractivity contribution is 0.0946. The third-order valence-electron chi connectivity index (χ3n) is 2.50.